The van der Waals surface area contributed by atoms with Gasteiger partial charge >= 0.3 is 0 Å². The van der Waals surface area contributed by atoms with Crippen LogP contribution < -0.4 is 5.73 Å². The van der Waals surface area contributed by atoms with Crippen LogP contribution in [0.2, 0.25) is 0 Å². The Kier molecular flexibility index (Phi) is 2.84. The molecule has 0 bridgehead atoms. The molecule has 0 aliphatic rings. The van der Waals surface area contributed by atoms with E-state index in [1.165, 1.54) is 12.1 Å². The van der Waals surface area contributed by atoms with Crippen LogP contribution in [0.25, 0.3) is 0 Å². The molecule has 1 aromatic carbocycles. The Labute approximate surface area is 81.6 Å². The van der Waals surface area contributed by atoms with Gasteiger partial charge in [0.05, 0.1) is 23.8 Å². The summed E-state index contributed by atoms with van der Waals surface area (Å²) in [7, 11) is 0. The van der Waals surface area contributed by atoms with E-state index in [9.17, 15) is 4.39 Å². The summed E-state index contributed by atoms with van der Waals surface area (Å²) in [6, 6.07) is 5.64. The Morgan fingerprint density at radius 2 is 2.21 bits per heavy atom. The summed E-state index contributed by atoms with van der Waals surface area (Å²) < 4.78 is 13.0. The normalized spacial score (nSPS) is 14.5. The average molecular weight is 194 g/mol. The van der Waals surface area contributed by atoms with Gasteiger partial charge in [0.15, 0.2) is 0 Å². The summed E-state index contributed by atoms with van der Waals surface area (Å²) in [6.45, 7) is 1.27. The molecule has 0 radical (unpaired) electrons. The van der Waals surface area contributed by atoms with Gasteiger partial charge < -0.3 is 10.8 Å². The second-order valence-corrected chi connectivity index (χ2v) is 3.42. The lowest BCUT2D eigenvalue weighted by Crippen LogP contribution is -2.37. The summed E-state index contributed by atoms with van der Waals surface area (Å²) in [6.07, 6.45) is 0. The Morgan fingerprint density at radius 1 is 1.57 bits per heavy atom. The Bertz CT molecular complexity index is 382. The van der Waals surface area contributed by atoms with Gasteiger partial charge in [0.25, 0.3) is 0 Å². The van der Waals surface area contributed by atoms with Crippen molar-refractivity contribution in [3.05, 3.63) is 35.1 Å². The van der Waals surface area contributed by atoms with Crippen LogP contribution in [0.4, 0.5) is 4.39 Å². The van der Waals surface area contributed by atoms with E-state index in [2.05, 4.69) is 0 Å². The highest BCUT2D eigenvalue weighted by Gasteiger charge is 2.21. The maximum Gasteiger partial charge on any atom is 0.124 e. The fourth-order valence-electron chi connectivity index (χ4n) is 1.08. The SMILES string of the molecule is C[C@@](N)(CO)c1cc(F)cc(C#N)c1. The molecular formula is C10H11FN2O. The third kappa shape index (κ3) is 2.08. The molecule has 0 heterocycles. The van der Waals surface area contributed by atoms with E-state index in [1.54, 1.807) is 6.92 Å². The van der Waals surface area contributed by atoms with Gasteiger partial charge in [-0.3, -0.25) is 0 Å². The lowest BCUT2D eigenvalue weighted by atomic mass is 9.93. The molecule has 0 saturated carbocycles. The van der Waals surface area contributed by atoms with Gasteiger partial charge in [0.1, 0.15) is 5.82 Å². The topological polar surface area (TPSA) is 70.0 Å². The molecule has 1 atom stereocenters. The van der Waals surface area contributed by atoms with E-state index in [1.807, 2.05) is 6.07 Å². The number of aliphatic hydroxyl groups is 1. The second kappa shape index (κ2) is 3.74. The van der Waals surface area contributed by atoms with Crippen molar-refractivity contribution in [1.29, 1.82) is 5.26 Å². The number of benzene rings is 1. The molecule has 0 amide bonds. The van der Waals surface area contributed by atoms with Crippen molar-refractivity contribution in [2.45, 2.75) is 12.5 Å². The van der Waals surface area contributed by atoms with Crippen LogP contribution >= 0.6 is 0 Å². The van der Waals surface area contributed by atoms with Gasteiger partial charge in [-0.15, -0.1) is 0 Å². The minimum Gasteiger partial charge on any atom is -0.394 e. The number of aliphatic hydroxyl groups excluding tert-OH is 1. The Hall–Kier alpha value is -1.44. The maximum absolute atomic E-state index is 13.0. The van der Waals surface area contributed by atoms with Gasteiger partial charge in [-0.1, -0.05) is 0 Å². The van der Waals surface area contributed by atoms with E-state index in [4.69, 9.17) is 16.1 Å². The first-order chi connectivity index (χ1) is 6.49. The second-order valence-electron chi connectivity index (χ2n) is 3.42. The first-order valence-electron chi connectivity index (χ1n) is 4.10. The van der Waals surface area contributed by atoms with Gasteiger partial charge in [-0.2, -0.15) is 5.26 Å². The summed E-state index contributed by atoms with van der Waals surface area (Å²) in [5, 5.41) is 17.6. The first-order valence-corrected chi connectivity index (χ1v) is 4.10. The van der Waals surface area contributed by atoms with Crippen LogP contribution in [0.1, 0.15) is 18.1 Å². The van der Waals surface area contributed by atoms with Crippen molar-refractivity contribution >= 4 is 0 Å². The number of nitrogens with zero attached hydrogens (tertiary/aromatic N) is 1. The summed E-state index contributed by atoms with van der Waals surface area (Å²) >= 11 is 0. The van der Waals surface area contributed by atoms with Crippen LogP contribution in [0.15, 0.2) is 18.2 Å². The van der Waals surface area contributed by atoms with Gasteiger partial charge in [0.2, 0.25) is 0 Å². The van der Waals surface area contributed by atoms with Crippen LogP contribution in [0.5, 0.6) is 0 Å². The lowest BCUT2D eigenvalue weighted by Gasteiger charge is -2.22. The monoisotopic (exact) mass is 194 g/mol. The minimum atomic E-state index is -1.02. The zero-order valence-corrected chi connectivity index (χ0v) is 7.79. The minimum absolute atomic E-state index is 0.199. The molecule has 3 nitrogen and oxygen atoms in total. The molecule has 0 unspecified atom stereocenters. The molecule has 74 valence electrons. The molecule has 0 fully saturated rings. The fraction of sp³-hybridized carbons (Fsp3) is 0.300. The molecule has 0 aliphatic carbocycles. The molecule has 1 aromatic rings. The number of halogens is 1. The summed E-state index contributed by atoms with van der Waals surface area (Å²) in [4.78, 5) is 0. The molecule has 0 aliphatic heterocycles. The molecule has 14 heavy (non-hydrogen) atoms. The highest BCUT2D eigenvalue weighted by atomic mass is 19.1. The predicted octanol–water partition coefficient (Wildman–Crippen LogP) is 0.864. The van der Waals surface area contributed by atoms with E-state index in [-0.39, 0.29) is 12.2 Å². The predicted molar refractivity (Wildman–Crippen MR) is 49.7 cm³/mol. The number of nitriles is 1. The van der Waals surface area contributed by atoms with Gasteiger partial charge in [-0.25, -0.2) is 4.39 Å². The molecule has 0 saturated heterocycles. The zero-order valence-electron chi connectivity index (χ0n) is 7.79. The lowest BCUT2D eigenvalue weighted by molar-refractivity contribution is 0.210. The highest BCUT2D eigenvalue weighted by molar-refractivity contribution is 5.36. The third-order valence-electron chi connectivity index (χ3n) is 2.01. The Balaban J connectivity index is 3.24. The van der Waals surface area contributed by atoms with Crippen LogP contribution in [0, 0.1) is 17.1 Å². The van der Waals surface area contributed by atoms with Crippen LogP contribution in [-0.4, -0.2) is 11.7 Å². The van der Waals surface area contributed by atoms with Crippen molar-refractivity contribution in [2.75, 3.05) is 6.61 Å². The molecule has 0 spiro atoms. The van der Waals surface area contributed by atoms with E-state index in [0.717, 1.165) is 6.07 Å². The average Bonchev–Trinajstić information content (AvgIpc) is 2.16. The van der Waals surface area contributed by atoms with Crippen LogP contribution in [0.3, 0.4) is 0 Å². The molecule has 1 rings (SSSR count). The van der Waals surface area contributed by atoms with Crippen molar-refractivity contribution < 1.29 is 9.50 Å². The van der Waals surface area contributed by atoms with Crippen molar-refractivity contribution in [2.24, 2.45) is 5.73 Å². The summed E-state index contributed by atoms with van der Waals surface area (Å²) in [5.41, 5.74) is 5.30. The largest absolute Gasteiger partial charge is 0.394 e. The van der Waals surface area contributed by atoms with E-state index < -0.39 is 11.4 Å². The standard InChI is InChI=1S/C10H11FN2O/c1-10(13,6-14)8-2-7(5-12)3-9(11)4-8/h2-4,14H,6,13H2,1H3/t10-/m1/s1. The van der Waals surface area contributed by atoms with Crippen molar-refractivity contribution in [1.82, 2.24) is 0 Å². The van der Waals surface area contributed by atoms with Gasteiger partial charge in [-0.05, 0) is 30.7 Å². The number of nitrogens with two attached hydrogens (primary N) is 1. The number of hydrogen-bond acceptors (Lipinski definition) is 3. The fourth-order valence-corrected chi connectivity index (χ4v) is 1.08. The quantitative estimate of drug-likeness (QED) is 0.733. The van der Waals surface area contributed by atoms with Crippen LogP contribution in [-0.2, 0) is 5.54 Å². The molecule has 3 N–H and O–H groups in total. The van der Waals surface area contributed by atoms with E-state index >= 15 is 0 Å². The Morgan fingerprint density at radius 3 is 2.71 bits per heavy atom. The molecular weight excluding hydrogens is 183 g/mol. The van der Waals surface area contributed by atoms with Crippen molar-refractivity contribution in [3.8, 4) is 6.07 Å². The third-order valence-corrected chi connectivity index (χ3v) is 2.01. The molecule has 0 aromatic heterocycles. The van der Waals surface area contributed by atoms with E-state index in [0.29, 0.717) is 5.56 Å². The summed E-state index contributed by atoms with van der Waals surface area (Å²) in [5.74, 6) is -0.524. The number of rotatable bonds is 2. The zero-order chi connectivity index (χ0) is 10.8. The van der Waals surface area contributed by atoms with Gasteiger partial charge in [0, 0.05) is 0 Å². The van der Waals surface area contributed by atoms with Crippen molar-refractivity contribution in [3.63, 3.8) is 0 Å². The highest BCUT2D eigenvalue weighted by Crippen LogP contribution is 2.19. The maximum atomic E-state index is 13.0. The number of hydrogen-bond donors (Lipinski definition) is 2. The first kappa shape index (κ1) is 10.6. The molecule has 4 heteroatoms. The smallest absolute Gasteiger partial charge is 0.124 e.